The van der Waals surface area contributed by atoms with E-state index in [9.17, 15) is 4.79 Å². The number of hydrogen-bond acceptors (Lipinski definition) is 3. The standard InChI is InChI=1S/C15H21BrN2O2/c1-10-3-4-14(13(16)7-10)20-11(2)15(19)18-6-5-12(8-17)9-18/h3-4,7,11-12H,5-6,8-9,17H2,1-2H3. The Morgan fingerprint density at radius 3 is 2.95 bits per heavy atom. The minimum absolute atomic E-state index is 0.0356. The predicted octanol–water partition coefficient (Wildman–Crippen LogP) is 2.33. The Morgan fingerprint density at radius 1 is 1.60 bits per heavy atom. The number of halogens is 1. The van der Waals surface area contributed by atoms with Crippen LogP contribution in [0.2, 0.25) is 0 Å². The lowest BCUT2D eigenvalue weighted by molar-refractivity contribution is -0.137. The molecule has 0 bridgehead atoms. The maximum atomic E-state index is 12.3. The molecular weight excluding hydrogens is 320 g/mol. The molecule has 0 spiro atoms. The van der Waals surface area contributed by atoms with E-state index in [-0.39, 0.29) is 5.91 Å². The summed E-state index contributed by atoms with van der Waals surface area (Å²) in [5.74, 6) is 1.16. The zero-order chi connectivity index (χ0) is 14.7. The molecule has 2 rings (SSSR count). The van der Waals surface area contributed by atoms with E-state index in [0.717, 1.165) is 29.5 Å². The van der Waals surface area contributed by atoms with Gasteiger partial charge in [0, 0.05) is 13.1 Å². The molecule has 2 unspecified atom stereocenters. The summed E-state index contributed by atoms with van der Waals surface area (Å²) in [5.41, 5.74) is 6.80. The van der Waals surface area contributed by atoms with Gasteiger partial charge < -0.3 is 15.4 Å². The van der Waals surface area contributed by atoms with Crippen molar-refractivity contribution in [2.24, 2.45) is 11.7 Å². The lowest BCUT2D eigenvalue weighted by atomic mass is 10.1. The van der Waals surface area contributed by atoms with Crippen LogP contribution in [0.4, 0.5) is 0 Å². The third kappa shape index (κ3) is 3.52. The van der Waals surface area contributed by atoms with E-state index in [0.29, 0.717) is 18.2 Å². The second-order valence-corrected chi connectivity index (χ2v) is 6.22. The molecule has 1 aromatic carbocycles. The zero-order valence-electron chi connectivity index (χ0n) is 11.9. The van der Waals surface area contributed by atoms with Crippen molar-refractivity contribution in [1.82, 2.24) is 4.90 Å². The molecule has 1 aliphatic heterocycles. The fraction of sp³-hybridized carbons (Fsp3) is 0.533. The van der Waals surface area contributed by atoms with Gasteiger partial charge in [-0.2, -0.15) is 0 Å². The van der Waals surface area contributed by atoms with Crippen molar-refractivity contribution in [3.8, 4) is 5.75 Å². The number of carbonyl (C=O) groups excluding carboxylic acids is 1. The summed E-state index contributed by atoms with van der Waals surface area (Å²) in [6.45, 7) is 5.98. The summed E-state index contributed by atoms with van der Waals surface area (Å²) in [6.07, 6.45) is 0.508. The average Bonchev–Trinajstić information content (AvgIpc) is 2.89. The summed E-state index contributed by atoms with van der Waals surface area (Å²) < 4.78 is 6.65. The van der Waals surface area contributed by atoms with Crippen molar-refractivity contribution in [1.29, 1.82) is 0 Å². The van der Waals surface area contributed by atoms with Crippen LogP contribution in [0.1, 0.15) is 18.9 Å². The largest absolute Gasteiger partial charge is 0.480 e. The third-order valence-corrected chi connectivity index (χ3v) is 4.29. The van der Waals surface area contributed by atoms with Crippen molar-refractivity contribution in [3.63, 3.8) is 0 Å². The highest BCUT2D eigenvalue weighted by Crippen LogP contribution is 2.27. The number of benzene rings is 1. The fourth-order valence-corrected chi connectivity index (χ4v) is 3.01. The van der Waals surface area contributed by atoms with E-state index in [4.69, 9.17) is 10.5 Å². The highest BCUT2D eigenvalue weighted by atomic mass is 79.9. The minimum atomic E-state index is -0.481. The van der Waals surface area contributed by atoms with Gasteiger partial charge in [-0.05, 0) is 66.4 Å². The van der Waals surface area contributed by atoms with Crippen LogP contribution in [-0.2, 0) is 4.79 Å². The van der Waals surface area contributed by atoms with Gasteiger partial charge in [0.2, 0.25) is 0 Å². The lowest BCUT2D eigenvalue weighted by Crippen LogP contribution is -2.39. The van der Waals surface area contributed by atoms with Crippen molar-refractivity contribution >= 4 is 21.8 Å². The van der Waals surface area contributed by atoms with Crippen molar-refractivity contribution < 1.29 is 9.53 Å². The molecule has 2 N–H and O–H groups in total. The number of likely N-dealkylation sites (tertiary alicyclic amines) is 1. The second kappa shape index (κ2) is 6.59. The van der Waals surface area contributed by atoms with Gasteiger partial charge in [0.15, 0.2) is 6.10 Å². The normalized spacial score (nSPS) is 20.0. The van der Waals surface area contributed by atoms with Gasteiger partial charge in [-0.3, -0.25) is 4.79 Å². The fourth-order valence-electron chi connectivity index (χ4n) is 2.42. The number of carbonyl (C=O) groups is 1. The average molecular weight is 341 g/mol. The summed E-state index contributed by atoms with van der Waals surface area (Å²) in [7, 11) is 0. The first-order valence-electron chi connectivity index (χ1n) is 6.93. The van der Waals surface area contributed by atoms with E-state index < -0.39 is 6.10 Å². The molecule has 20 heavy (non-hydrogen) atoms. The zero-order valence-corrected chi connectivity index (χ0v) is 13.5. The summed E-state index contributed by atoms with van der Waals surface area (Å²) in [4.78, 5) is 14.2. The summed E-state index contributed by atoms with van der Waals surface area (Å²) in [5, 5.41) is 0. The molecule has 4 nitrogen and oxygen atoms in total. The van der Waals surface area contributed by atoms with Gasteiger partial charge in [-0.1, -0.05) is 6.07 Å². The van der Waals surface area contributed by atoms with E-state index in [1.54, 1.807) is 6.92 Å². The Labute approximate surface area is 128 Å². The van der Waals surface area contributed by atoms with Crippen LogP contribution in [0, 0.1) is 12.8 Å². The molecule has 1 aromatic rings. The summed E-state index contributed by atoms with van der Waals surface area (Å²) in [6, 6.07) is 5.83. The summed E-state index contributed by atoms with van der Waals surface area (Å²) >= 11 is 3.46. The molecule has 5 heteroatoms. The SMILES string of the molecule is Cc1ccc(OC(C)C(=O)N2CCC(CN)C2)c(Br)c1. The molecule has 1 fully saturated rings. The molecule has 2 atom stereocenters. The van der Waals surface area contributed by atoms with Crippen molar-refractivity contribution in [2.75, 3.05) is 19.6 Å². The number of nitrogens with zero attached hydrogens (tertiary/aromatic N) is 1. The van der Waals surface area contributed by atoms with Crippen molar-refractivity contribution in [2.45, 2.75) is 26.4 Å². The number of nitrogens with two attached hydrogens (primary N) is 1. The van der Waals surface area contributed by atoms with Crippen LogP contribution in [0.25, 0.3) is 0 Å². The molecule has 0 aliphatic carbocycles. The van der Waals surface area contributed by atoms with E-state index in [1.165, 1.54) is 0 Å². The van der Waals surface area contributed by atoms with Gasteiger partial charge in [0.1, 0.15) is 5.75 Å². The van der Waals surface area contributed by atoms with E-state index >= 15 is 0 Å². The van der Waals surface area contributed by atoms with Crippen LogP contribution >= 0.6 is 15.9 Å². The first kappa shape index (κ1) is 15.3. The molecule has 1 amide bonds. The molecule has 110 valence electrons. The Bertz CT molecular complexity index is 493. The molecule has 1 heterocycles. The Morgan fingerprint density at radius 2 is 2.35 bits per heavy atom. The number of rotatable bonds is 4. The molecular formula is C15H21BrN2O2. The monoisotopic (exact) mass is 340 g/mol. The van der Waals surface area contributed by atoms with Crippen LogP contribution in [-0.4, -0.2) is 36.5 Å². The first-order chi connectivity index (χ1) is 9.51. The number of hydrogen-bond donors (Lipinski definition) is 1. The predicted molar refractivity (Wildman–Crippen MR) is 82.7 cm³/mol. The van der Waals surface area contributed by atoms with E-state index in [2.05, 4.69) is 15.9 Å². The minimum Gasteiger partial charge on any atom is -0.480 e. The molecule has 0 radical (unpaired) electrons. The molecule has 1 saturated heterocycles. The van der Waals surface area contributed by atoms with Gasteiger partial charge in [0.25, 0.3) is 5.91 Å². The van der Waals surface area contributed by atoms with Gasteiger partial charge in [-0.15, -0.1) is 0 Å². The Kier molecular flexibility index (Phi) is 5.05. The number of aryl methyl sites for hydroxylation is 1. The first-order valence-corrected chi connectivity index (χ1v) is 7.72. The Balaban J connectivity index is 1.97. The van der Waals surface area contributed by atoms with Crippen LogP contribution < -0.4 is 10.5 Å². The van der Waals surface area contributed by atoms with Crippen LogP contribution in [0.5, 0.6) is 5.75 Å². The topological polar surface area (TPSA) is 55.6 Å². The lowest BCUT2D eigenvalue weighted by Gasteiger charge is -2.22. The number of amides is 1. The Hall–Kier alpha value is -1.07. The third-order valence-electron chi connectivity index (χ3n) is 3.67. The van der Waals surface area contributed by atoms with Gasteiger partial charge >= 0.3 is 0 Å². The molecule has 0 aromatic heterocycles. The van der Waals surface area contributed by atoms with Crippen molar-refractivity contribution in [3.05, 3.63) is 28.2 Å². The van der Waals surface area contributed by atoms with Gasteiger partial charge in [0.05, 0.1) is 4.47 Å². The van der Waals surface area contributed by atoms with Crippen LogP contribution in [0.15, 0.2) is 22.7 Å². The highest BCUT2D eigenvalue weighted by Gasteiger charge is 2.29. The highest BCUT2D eigenvalue weighted by molar-refractivity contribution is 9.10. The van der Waals surface area contributed by atoms with Gasteiger partial charge in [-0.25, -0.2) is 0 Å². The molecule has 0 saturated carbocycles. The second-order valence-electron chi connectivity index (χ2n) is 5.37. The number of ether oxygens (including phenoxy) is 1. The smallest absolute Gasteiger partial charge is 0.263 e. The van der Waals surface area contributed by atoms with E-state index in [1.807, 2.05) is 30.0 Å². The maximum absolute atomic E-state index is 12.3. The quantitative estimate of drug-likeness (QED) is 0.915. The molecule has 1 aliphatic rings. The van der Waals surface area contributed by atoms with Crippen LogP contribution in [0.3, 0.4) is 0 Å². The maximum Gasteiger partial charge on any atom is 0.263 e.